The number of hydrogen-bond acceptors (Lipinski definition) is 5. The van der Waals surface area contributed by atoms with Crippen LogP contribution in [0.15, 0.2) is 48.5 Å². The second-order valence-corrected chi connectivity index (χ2v) is 10.2. The third-order valence-corrected chi connectivity index (χ3v) is 6.61. The molecule has 2 amide bonds. The zero-order valence-electron chi connectivity index (χ0n) is 20.0. The van der Waals surface area contributed by atoms with Gasteiger partial charge in [0.1, 0.15) is 18.3 Å². The summed E-state index contributed by atoms with van der Waals surface area (Å²) in [4.78, 5) is 27.9. The lowest BCUT2D eigenvalue weighted by atomic mass is 10.1. The lowest BCUT2D eigenvalue weighted by Crippen LogP contribution is -2.52. The van der Waals surface area contributed by atoms with E-state index in [2.05, 4.69) is 5.32 Å². The number of benzene rings is 2. The van der Waals surface area contributed by atoms with Gasteiger partial charge in [0.05, 0.1) is 19.1 Å². The van der Waals surface area contributed by atoms with Crippen LogP contribution in [0.5, 0.6) is 5.75 Å². The summed E-state index contributed by atoms with van der Waals surface area (Å²) in [5.74, 6) is -0.160. The molecule has 0 saturated heterocycles. The summed E-state index contributed by atoms with van der Waals surface area (Å²) in [7, 11) is -2.24. The van der Waals surface area contributed by atoms with Crippen LogP contribution < -0.4 is 14.4 Å². The van der Waals surface area contributed by atoms with E-state index in [1.54, 1.807) is 37.4 Å². The van der Waals surface area contributed by atoms with Crippen molar-refractivity contribution >= 4 is 39.1 Å². The summed E-state index contributed by atoms with van der Waals surface area (Å²) < 4.78 is 31.4. The maximum absolute atomic E-state index is 13.6. The van der Waals surface area contributed by atoms with Crippen molar-refractivity contribution in [2.75, 3.05) is 30.8 Å². The van der Waals surface area contributed by atoms with Crippen LogP contribution in [0, 0.1) is 0 Å². The molecule has 0 radical (unpaired) electrons. The van der Waals surface area contributed by atoms with Crippen LogP contribution in [0.1, 0.15) is 32.3 Å². The number of sulfonamides is 1. The van der Waals surface area contributed by atoms with Gasteiger partial charge in [-0.15, -0.1) is 0 Å². The van der Waals surface area contributed by atoms with Gasteiger partial charge in [0.15, 0.2) is 0 Å². The zero-order valence-corrected chi connectivity index (χ0v) is 21.5. The van der Waals surface area contributed by atoms with E-state index in [9.17, 15) is 18.0 Å². The summed E-state index contributed by atoms with van der Waals surface area (Å²) in [5.41, 5.74) is 1.07. The monoisotopic (exact) mass is 509 g/mol. The van der Waals surface area contributed by atoms with E-state index in [1.807, 2.05) is 19.9 Å². The fourth-order valence-corrected chi connectivity index (χ4v) is 4.45. The minimum Gasteiger partial charge on any atom is -0.497 e. The highest BCUT2D eigenvalue weighted by molar-refractivity contribution is 7.92. The lowest BCUT2D eigenvalue weighted by Gasteiger charge is -2.33. The lowest BCUT2D eigenvalue weighted by molar-refractivity contribution is -0.140. The fourth-order valence-electron chi connectivity index (χ4n) is 3.47. The predicted molar refractivity (Wildman–Crippen MR) is 135 cm³/mol. The van der Waals surface area contributed by atoms with Crippen molar-refractivity contribution in [1.29, 1.82) is 0 Å². The number of carbonyl (C=O) groups is 2. The fraction of sp³-hybridized carbons (Fsp3) is 0.417. The summed E-state index contributed by atoms with van der Waals surface area (Å²) >= 11 is 5.94. The van der Waals surface area contributed by atoms with Crippen LogP contribution in [0.25, 0.3) is 0 Å². The Bertz CT molecular complexity index is 1080. The molecule has 0 aromatic heterocycles. The van der Waals surface area contributed by atoms with Gasteiger partial charge >= 0.3 is 0 Å². The highest BCUT2D eigenvalue weighted by atomic mass is 35.5. The Morgan fingerprint density at radius 1 is 1.12 bits per heavy atom. The summed E-state index contributed by atoms with van der Waals surface area (Å²) in [6, 6.07) is 12.6. The summed E-state index contributed by atoms with van der Waals surface area (Å²) in [6.45, 7) is 3.90. The van der Waals surface area contributed by atoms with Gasteiger partial charge in [0, 0.05) is 18.1 Å². The number of hydrogen-bond donors (Lipinski definition) is 1. The van der Waals surface area contributed by atoms with Gasteiger partial charge in [0.25, 0.3) is 0 Å². The smallest absolute Gasteiger partial charge is 0.244 e. The quantitative estimate of drug-likeness (QED) is 0.472. The van der Waals surface area contributed by atoms with E-state index in [0.29, 0.717) is 29.4 Å². The van der Waals surface area contributed by atoms with Gasteiger partial charge in [0.2, 0.25) is 21.8 Å². The van der Waals surface area contributed by atoms with Crippen LogP contribution in [-0.4, -0.2) is 57.6 Å². The number of nitrogens with one attached hydrogen (secondary N) is 1. The van der Waals surface area contributed by atoms with Crippen molar-refractivity contribution in [3.8, 4) is 5.75 Å². The molecule has 0 aliphatic carbocycles. The van der Waals surface area contributed by atoms with E-state index >= 15 is 0 Å². The SMILES string of the molecule is CCCNC(=O)[C@H](CC)N(Cc1cccc(OC)c1)C(=O)CN(c1ccc(Cl)cc1)S(C)(=O)=O. The first-order chi connectivity index (χ1) is 16.1. The van der Waals surface area contributed by atoms with E-state index in [1.165, 1.54) is 17.0 Å². The van der Waals surface area contributed by atoms with E-state index in [0.717, 1.165) is 22.5 Å². The first-order valence-electron chi connectivity index (χ1n) is 11.0. The molecule has 2 aromatic carbocycles. The Morgan fingerprint density at radius 3 is 2.35 bits per heavy atom. The summed E-state index contributed by atoms with van der Waals surface area (Å²) in [5, 5.41) is 3.29. The number of ether oxygens (including phenoxy) is 1. The van der Waals surface area contributed by atoms with Gasteiger partial charge in [-0.1, -0.05) is 37.6 Å². The Labute approximate surface area is 206 Å². The third kappa shape index (κ3) is 7.63. The van der Waals surface area contributed by atoms with Crippen molar-refractivity contribution in [2.45, 2.75) is 39.3 Å². The van der Waals surface area contributed by atoms with Gasteiger partial charge in [-0.05, 0) is 54.8 Å². The normalized spacial score (nSPS) is 12.0. The minimum absolute atomic E-state index is 0.117. The molecule has 0 bridgehead atoms. The molecule has 1 atom stereocenters. The average molecular weight is 510 g/mol. The molecule has 0 heterocycles. The Kier molecular flexibility index (Phi) is 10.2. The molecule has 0 saturated carbocycles. The number of rotatable bonds is 12. The molecule has 8 nitrogen and oxygen atoms in total. The Morgan fingerprint density at radius 2 is 1.79 bits per heavy atom. The Balaban J connectivity index is 2.42. The third-order valence-electron chi connectivity index (χ3n) is 5.22. The molecular formula is C24H32ClN3O5S. The molecule has 0 fully saturated rings. The molecule has 0 unspecified atom stereocenters. The standard InChI is InChI=1S/C24H32ClN3O5S/c1-5-14-26-24(30)22(6-2)27(16-18-8-7-9-21(15-18)33-3)23(29)17-28(34(4,31)32)20-12-10-19(25)11-13-20/h7-13,15,22H,5-6,14,16-17H2,1-4H3,(H,26,30)/t22-/m0/s1. The zero-order chi connectivity index (χ0) is 25.3. The van der Waals surface area contributed by atoms with Crippen LogP contribution in [0.4, 0.5) is 5.69 Å². The van der Waals surface area contributed by atoms with Gasteiger partial charge in [-0.25, -0.2) is 8.42 Å². The Hall–Kier alpha value is -2.78. The van der Waals surface area contributed by atoms with Gasteiger partial charge in [-0.3, -0.25) is 13.9 Å². The molecule has 2 rings (SSSR count). The van der Waals surface area contributed by atoms with E-state index in [4.69, 9.17) is 16.3 Å². The summed E-state index contributed by atoms with van der Waals surface area (Å²) in [6.07, 6.45) is 2.15. The molecule has 10 heteroatoms. The van der Waals surface area contributed by atoms with Crippen LogP contribution in [0.3, 0.4) is 0 Å². The second-order valence-electron chi connectivity index (χ2n) is 7.83. The maximum Gasteiger partial charge on any atom is 0.244 e. The highest BCUT2D eigenvalue weighted by Gasteiger charge is 2.31. The molecule has 1 N–H and O–H groups in total. The van der Waals surface area contributed by atoms with Crippen molar-refractivity contribution in [1.82, 2.24) is 10.2 Å². The van der Waals surface area contributed by atoms with E-state index < -0.39 is 28.5 Å². The molecule has 0 aliphatic heterocycles. The predicted octanol–water partition coefficient (Wildman–Crippen LogP) is 3.45. The largest absolute Gasteiger partial charge is 0.497 e. The topological polar surface area (TPSA) is 96.0 Å². The number of amides is 2. The first kappa shape index (κ1) is 27.5. The first-order valence-corrected chi connectivity index (χ1v) is 13.3. The average Bonchev–Trinajstić information content (AvgIpc) is 2.81. The number of carbonyl (C=O) groups excluding carboxylic acids is 2. The van der Waals surface area contributed by atoms with E-state index in [-0.39, 0.29) is 12.5 Å². The molecule has 0 aliphatic rings. The number of anilines is 1. The number of halogens is 1. The maximum atomic E-state index is 13.6. The number of nitrogens with zero attached hydrogens (tertiary/aromatic N) is 2. The van der Waals surface area contributed by atoms with Crippen molar-refractivity contribution < 1.29 is 22.7 Å². The van der Waals surface area contributed by atoms with Crippen LogP contribution in [-0.2, 0) is 26.2 Å². The molecule has 2 aromatic rings. The van der Waals surface area contributed by atoms with Gasteiger partial charge < -0.3 is 15.0 Å². The van der Waals surface area contributed by atoms with Crippen molar-refractivity contribution in [2.24, 2.45) is 0 Å². The highest BCUT2D eigenvalue weighted by Crippen LogP contribution is 2.22. The number of methoxy groups -OCH3 is 1. The van der Waals surface area contributed by atoms with Crippen LogP contribution >= 0.6 is 11.6 Å². The molecule has 0 spiro atoms. The van der Waals surface area contributed by atoms with Crippen molar-refractivity contribution in [3.05, 3.63) is 59.1 Å². The van der Waals surface area contributed by atoms with Gasteiger partial charge in [-0.2, -0.15) is 0 Å². The minimum atomic E-state index is -3.79. The van der Waals surface area contributed by atoms with Crippen molar-refractivity contribution in [3.63, 3.8) is 0 Å². The molecule has 186 valence electrons. The molecule has 34 heavy (non-hydrogen) atoms. The van der Waals surface area contributed by atoms with Crippen LogP contribution in [0.2, 0.25) is 5.02 Å². The molecular weight excluding hydrogens is 478 g/mol. The second kappa shape index (κ2) is 12.6.